The first-order valence-corrected chi connectivity index (χ1v) is 8.07. The molecule has 0 heterocycles. The van der Waals surface area contributed by atoms with Crippen molar-refractivity contribution < 1.29 is 37.0 Å². The van der Waals surface area contributed by atoms with Gasteiger partial charge in [0.25, 0.3) is 5.91 Å². The largest absolute Gasteiger partial charge is 0.493 e. The average molecular weight is 397 g/mol. The molecule has 0 aliphatic carbocycles. The van der Waals surface area contributed by atoms with Crippen LogP contribution < -0.4 is 14.8 Å². The Kier molecular flexibility index (Phi) is 6.50. The highest BCUT2D eigenvalue weighted by atomic mass is 19.4. The summed E-state index contributed by atoms with van der Waals surface area (Å²) in [6.45, 7) is 1.35. The predicted octanol–water partition coefficient (Wildman–Crippen LogP) is 3.91. The molecular weight excluding hydrogens is 379 g/mol. The molecule has 0 aliphatic rings. The highest BCUT2D eigenvalue weighted by Gasteiger charge is 2.30. The van der Waals surface area contributed by atoms with E-state index in [0.717, 1.165) is 24.3 Å². The molecule has 28 heavy (non-hydrogen) atoms. The molecule has 1 unspecified atom stereocenters. The number of esters is 1. The van der Waals surface area contributed by atoms with E-state index in [1.807, 2.05) is 0 Å². The SMILES string of the molecule is COc1ccc(NC(=O)C(C)OC(=O)c2ccc(C(F)(F)F)cc2)cc1OC. The fourth-order valence-electron chi connectivity index (χ4n) is 2.24. The number of halogens is 3. The lowest BCUT2D eigenvalue weighted by atomic mass is 10.1. The Balaban J connectivity index is 2.01. The van der Waals surface area contributed by atoms with Crippen molar-refractivity contribution in [1.29, 1.82) is 0 Å². The van der Waals surface area contributed by atoms with Gasteiger partial charge in [0.1, 0.15) is 0 Å². The molecule has 1 atom stereocenters. The Morgan fingerprint density at radius 2 is 1.57 bits per heavy atom. The van der Waals surface area contributed by atoms with Gasteiger partial charge in [-0.05, 0) is 43.3 Å². The number of hydrogen-bond acceptors (Lipinski definition) is 5. The van der Waals surface area contributed by atoms with E-state index in [9.17, 15) is 22.8 Å². The van der Waals surface area contributed by atoms with Gasteiger partial charge >= 0.3 is 12.1 Å². The number of ether oxygens (including phenoxy) is 3. The Morgan fingerprint density at radius 1 is 0.964 bits per heavy atom. The average Bonchev–Trinajstić information content (AvgIpc) is 2.67. The number of methoxy groups -OCH3 is 2. The predicted molar refractivity (Wildman–Crippen MR) is 94.5 cm³/mol. The molecule has 9 heteroatoms. The third kappa shape index (κ3) is 5.15. The number of alkyl halides is 3. The number of nitrogens with one attached hydrogen (secondary N) is 1. The fraction of sp³-hybridized carbons (Fsp3) is 0.263. The van der Waals surface area contributed by atoms with Crippen LogP contribution in [0.2, 0.25) is 0 Å². The minimum absolute atomic E-state index is 0.0984. The lowest BCUT2D eigenvalue weighted by molar-refractivity contribution is -0.137. The van der Waals surface area contributed by atoms with Crippen LogP contribution in [0.15, 0.2) is 42.5 Å². The number of hydrogen-bond donors (Lipinski definition) is 1. The Hall–Kier alpha value is -3.23. The number of carbonyl (C=O) groups excluding carboxylic acids is 2. The highest BCUT2D eigenvalue weighted by Crippen LogP contribution is 2.30. The van der Waals surface area contributed by atoms with Crippen molar-refractivity contribution in [3.63, 3.8) is 0 Å². The number of carbonyl (C=O) groups is 2. The quantitative estimate of drug-likeness (QED) is 0.749. The van der Waals surface area contributed by atoms with Gasteiger partial charge in [-0.3, -0.25) is 4.79 Å². The van der Waals surface area contributed by atoms with Crippen LogP contribution in [-0.4, -0.2) is 32.2 Å². The Bertz CT molecular complexity index is 850. The summed E-state index contributed by atoms with van der Waals surface area (Å²) in [6.07, 6.45) is -5.68. The maximum Gasteiger partial charge on any atom is 0.416 e. The van der Waals surface area contributed by atoms with Crippen molar-refractivity contribution >= 4 is 17.6 Å². The van der Waals surface area contributed by atoms with Crippen LogP contribution in [0.1, 0.15) is 22.8 Å². The van der Waals surface area contributed by atoms with Gasteiger partial charge in [0.2, 0.25) is 0 Å². The maximum absolute atomic E-state index is 12.6. The van der Waals surface area contributed by atoms with Crippen molar-refractivity contribution in [2.24, 2.45) is 0 Å². The molecule has 1 amide bonds. The van der Waals surface area contributed by atoms with Crippen LogP contribution in [0, 0.1) is 0 Å². The zero-order chi connectivity index (χ0) is 20.9. The molecule has 0 spiro atoms. The van der Waals surface area contributed by atoms with Crippen LogP contribution >= 0.6 is 0 Å². The smallest absolute Gasteiger partial charge is 0.416 e. The molecule has 150 valence electrons. The van der Waals surface area contributed by atoms with Gasteiger partial charge in [-0.1, -0.05) is 0 Å². The molecule has 2 rings (SSSR count). The van der Waals surface area contributed by atoms with Crippen molar-refractivity contribution in [3.05, 3.63) is 53.6 Å². The molecule has 1 N–H and O–H groups in total. The third-order valence-corrected chi connectivity index (χ3v) is 3.75. The second-order valence-electron chi connectivity index (χ2n) is 5.68. The van der Waals surface area contributed by atoms with Crippen molar-refractivity contribution in [2.75, 3.05) is 19.5 Å². The number of amides is 1. The van der Waals surface area contributed by atoms with E-state index in [-0.39, 0.29) is 5.56 Å². The summed E-state index contributed by atoms with van der Waals surface area (Å²) in [5.74, 6) is -0.659. The lowest BCUT2D eigenvalue weighted by Gasteiger charge is -2.15. The van der Waals surface area contributed by atoms with E-state index < -0.39 is 29.7 Å². The first kappa shape index (κ1) is 21.1. The fourth-order valence-corrected chi connectivity index (χ4v) is 2.24. The van der Waals surface area contributed by atoms with E-state index in [1.165, 1.54) is 27.2 Å². The minimum atomic E-state index is -4.50. The maximum atomic E-state index is 12.6. The van der Waals surface area contributed by atoms with Gasteiger partial charge in [0.05, 0.1) is 25.3 Å². The van der Waals surface area contributed by atoms with Crippen LogP contribution in [0.25, 0.3) is 0 Å². The minimum Gasteiger partial charge on any atom is -0.493 e. The normalized spacial score (nSPS) is 12.1. The van der Waals surface area contributed by atoms with Gasteiger partial charge < -0.3 is 19.5 Å². The molecule has 0 saturated carbocycles. The van der Waals surface area contributed by atoms with Crippen LogP contribution in [0.4, 0.5) is 18.9 Å². The molecule has 0 radical (unpaired) electrons. The molecule has 2 aromatic rings. The van der Waals surface area contributed by atoms with Gasteiger partial charge in [0.15, 0.2) is 17.6 Å². The zero-order valence-corrected chi connectivity index (χ0v) is 15.3. The lowest BCUT2D eigenvalue weighted by Crippen LogP contribution is -2.30. The van der Waals surface area contributed by atoms with E-state index in [2.05, 4.69) is 5.32 Å². The molecule has 0 bridgehead atoms. The Morgan fingerprint density at radius 3 is 2.11 bits per heavy atom. The topological polar surface area (TPSA) is 73.9 Å². The molecule has 2 aromatic carbocycles. The monoisotopic (exact) mass is 397 g/mol. The van der Waals surface area contributed by atoms with Gasteiger partial charge in [-0.25, -0.2) is 4.79 Å². The van der Waals surface area contributed by atoms with E-state index in [0.29, 0.717) is 17.2 Å². The van der Waals surface area contributed by atoms with E-state index >= 15 is 0 Å². The first-order valence-electron chi connectivity index (χ1n) is 8.07. The van der Waals surface area contributed by atoms with Crippen LogP contribution in [0.5, 0.6) is 11.5 Å². The number of rotatable bonds is 6. The molecule has 6 nitrogen and oxygen atoms in total. The molecule has 0 saturated heterocycles. The van der Waals surface area contributed by atoms with Crippen molar-refractivity contribution in [1.82, 2.24) is 0 Å². The van der Waals surface area contributed by atoms with Gasteiger partial charge in [0, 0.05) is 11.8 Å². The molecule has 0 fully saturated rings. The molecule has 0 aliphatic heterocycles. The summed E-state index contributed by atoms with van der Waals surface area (Å²) in [5.41, 5.74) is -0.595. The second kappa shape index (κ2) is 8.64. The van der Waals surface area contributed by atoms with Gasteiger partial charge in [-0.15, -0.1) is 0 Å². The second-order valence-corrected chi connectivity index (χ2v) is 5.68. The Labute approximate surface area is 159 Å². The summed E-state index contributed by atoms with van der Waals surface area (Å²) < 4.78 is 52.9. The summed E-state index contributed by atoms with van der Waals surface area (Å²) >= 11 is 0. The van der Waals surface area contributed by atoms with Crippen LogP contribution in [-0.2, 0) is 15.7 Å². The number of anilines is 1. The van der Waals surface area contributed by atoms with Crippen LogP contribution in [0.3, 0.4) is 0 Å². The summed E-state index contributed by atoms with van der Waals surface area (Å²) in [4.78, 5) is 24.2. The van der Waals surface area contributed by atoms with Crippen molar-refractivity contribution in [2.45, 2.75) is 19.2 Å². The summed E-state index contributed by atoms with van der Waals surface area (Å²) in [5, 5.41) is 2.55. The van der Waals surface area contributed by atoms with E-state index in [1.54, 1.807) is 12.1 Å². The summed E-state index contributed by atoms with van der Waals surface area (Å²) in [6, 6.07) is 8.21. The zero-order valence-electron chi connectivity index (χ0n) is 15.3. The third-order valence-electron chi connectivity index (χ3n) is 3.75. The van der Waals surface area contributed by atoms with Gasteiger partial charge in [-0.2, -0.15) is 13.2 Å². The first-order chi connectivity index (χ1) is 13.2. The number of benzene rings is 2. The highest BCUT2D eigenvalue weighted by molar-refractivity contribution is 5.97. The standard InChI is InChI=1S/C19H18F3NO5/c1-11(17(24)23-14-8-9-15(26-2)16(10-14)27-3)28-18(25)12-4-6-13(7-5-12)19(20,21)22/h4-11H,1-3H3,(H,23,24). The van der Waals surface area contributed by atoms with Crippen molar-refractivity contribution in [3.8, 4) is 11.5 Å². The summed E-state index contributed by atoms with van der Waals surface area (Å²) in [7, 11) is 2.91. The molecule has 0 aromatic heterocycles. The van der Waals surface area contributed by atoms with E-state index in [4.69, 9.17) is 14.2 Å². The molecular formula is C19H18F3NO5.